The first kappa shape index (κ1) is 11.1. The molecule has 92 valence electrons. The molecule has 0 radical (unpaired) electrons. The van der Waals surface area contributed by atoms with Crippen molar-refractivity contribution in [1.29, 1.82) is 0 Å². The molecule has 0 unspecified atom stereocenters. The Kier molecular flexibility index (Phi) is 1.98. The summed E-state index contributed by atoms with van der Waals surface area (Å²) in [7, 11) is 2.13. The second-order valence-electron chi connectivity index (χ2n) is 8.52. The molecule has 0 aromatic rings. The van der Waals surface area contributed by atoms with Gasteiger partial charge in [-0.05, 0) is 67.2 Å². The summed E-state index contributed by atoms with van der Waals surface area (Å²) in [4.78, 5) is 0. The Morgan fingerprint density at radius 2 is 1.12 bits per heavy atom. The Labute approximate surface area is 100 Å². The van der Waals surface area contributed by atoms with Crippen molar-refractivity contribution in [2.45, 2.75) is 59.3 Å². The molecular formula is C15H27N. The lowest BCUT2D eigenvalue weighted by atomic mass is 9.36. The molecule has 0 atom stereocenters. The van der Waals surface area contributed by atoms with Gasteiger partial charge in [-0.1, -0.05) is 20.8 Å². The Morgan fingerprint density at radius 3 is 1.44 bits per heavy atom. The van der Waals surface area contributed by atoms with Crippen molar-refractivity contribution in [2.24, 2.45) is 21.7 Å². The summed E-state index contributed by atoms with van der Waals surface area (Å²) < 4.78 is 0. The van der Waals surface area contributed by atoms with E-state index in [1.165, 1.54) is 45.1 Å². The fourth-order valence-corrected chi connectivity index (χ4v) is 7.12. The minimum atomic E-state index is 0.627. The van der Waals surface area contributed by atoms with E-state index in [1.807, 2.05) is 0 Å². The molecule has 0 aliphatic heterocycles. The lowest BCUT2D eigenvalue weighted by Crippen LogP contribution is -2.60. The fraction of sp³-hybridized carbons (Fsp3) is 1.00. The Bertz CT molecular complexity index is 266. The van der Waals surface area contributed by atoms with Gasteiger partial charge in [-0.15, -0.1) is 0 Å². The van der Waals surface area contributed by atoms with E-state index in [0.717, 1.165) is 0 Å². The molecule has 0 amide bonds. The van der Waals surface area contributed by atoms with Crippen molar-refractivity contribution in [3.8, 4) is 0 Å². The summed E-state index contributed by atoms with van der Waals surface area (Å²) in [6.45, 7) is 8.93. The van der Waals surface area contributed by atoms with Gasteiger partial charge in [0.2, 0.25) is 0 Å². The van der Waals surface area contributed by atoms with Crippen molar-refractivity contribution in [3.63, 3.8) is 0 Å². The highest BCUT2D eigenvalue weighted by Crippen LogP contribution is 2.73. The van der Waals surface area contributed by atoms with E-state index in [-0.39, 0.29) is 0 Å². The van der Waals surface area contributed by atoms with Crippen molar-refractivity contribution in [3.05, 3.63) is 0 Å². The van der Waals surface area contributed by atoms with Crippen LogP contribution in [0.1, 0.15) is 59.3 Å². The smallest absolute Gasteiger partial charge is 0.000541 e. The van der Waals surface area contributed by atoms with Crippen molar-refractivity contribution >= 4 is 0 Å². The second kappa shape index (κ2) is 2.85. The largest absolute Gasteiger partial charge is 0.319 e. The maximum absolute atomic E-state index is 3.48. The summed E-state index contributed by atoms with van der Waals surface area (Å²) >= 11 is 0. The number of nitrogens with one attached hydrogen (secondary N) is 1. The van der Waals surface area contributed by atoms with E-state index in [9.17, 15) is 0 Å². The third kappa shape index (κ3) is 1.47. The molecule has 4 aliphatic carbocycles. The Hall–Kier alpha value is -0.0400. The third-order valence-electron chi connectivity index (χ3n) is 5.52. The van der Waals surface area contributed by atoms with E-state index >= 15 is 0 Å². The van der Waals surface area contributed by atoms with Crippen molar-refractivity contribution in [1.82, 2.24) is 5.32 Å². The lowest BCUT2D eigenvalue weighted by Gasteiger charge is -2.69. The third-order valence-corrected chi connectivity index (χ3v) is 5.52. The number of rotatable bonds is 2. The van der Waals surface area contributed by atoms with Crippen LogP contribution in [0.3, 0.4) is 0 Å². The van der Waals surface area contributed by atoms with Gasteiger partial charge in [-0.25, -0.2) is 0 Å². The SMILES string of the molecule is CNCC12CC3(C)CC(C)(CC(C)(C3)C1)C2. The molecular weight excluding hydrogens is 194 g/mol. The molecule has 4 saturated carbocycles. The van der Waals surface area contributed by atoms with E-state index in [1.54, 1.807) is 0 Å². The minimum Gasteiger partial charge on any atom is -0.319 e. The molecule has 16 heavy (non-hydrogen) atoms. The first-order chi connectivity index (χ1) is 7.30. The van der Waals surface area contributed by atoms with Crippen LogP contribution in [0, 0.1) is 21.7 Å². The highest BCUT2D eigenvalue weighted by Gasteiger charge is 2.63. The highest BCUT2D eigenvalue weighted by molar-refractivity contribution is 5.14. The Balaban J connectivity index is 2.00. The van der Waals surface area contributed by atoms with Crippen LogP contribution in [0.4, 0.5) is 0 Å². The Morgan fingerprint density at radius 1 is 0.750 bits per heavy atom. The summed E-state index contributed by atoms with van der Waals surface area (Å²) in [6.07, 6.45) is 8.90. The van der Waals surface area contributed by atoms with Crippen LogP contribution in [0.25, 0.3) is 0 Å². The molecule has 0 aromatic heterocycles. The molecule has 1 N–H and O–H groups in total. The van der Waals surface area contributed by atoms with Gasteiger partial charge in [0.05, 0.1) is 0 Å². The van der Waals surface area contributed by atoms with Crippen LogP contribution < -0.4 is 5.32 Å². The summed E-state index contributed by atoms with van der Waals surface area (Å²) in [5.74, 6) is 0. The molecule has 1 heteroatoms. The van der Waals surface area contributed by atoms with Gasteiger partial charge in [0.25, 0.3) is 0 Å². The topological polar surface area (TPSA) is 12.0 Å². The number of hydrogen-bond acceptors (Lipinski definition) is 1. The first-order valence-electron chi connectivity index (χ1n) is 6.95. The summed E-state index contributed by atoms with van der Waals surface area (Å²) in [5, 5.41) is 3.48. The van der Waals surface area contributed by atoms with Gasteiger partial charge in [0, 0.05) is 6.54 Å². The van der Waals surface area contributed by atoms with Crippen molar-refractivity contribution < 1.29 is 0 Å². The molecule has 0 spiro atoms. The zero-order valence-electron chi connectivity index (χ0n) is 11.4. The minimum absolute atomic E-state index is 0.627. The van der Waals surface area contributed by atoms with Crippen LogP contribution in [0.2, 0.25) is 0 Å². The lowest BCUT2D eigenvalue weighted by molar-refractivity contribution is -0.181. The molecule has 1 nitrogen and oxygen atoms in total. The first-order valence-corrected chi connectivity index (χ1v) is 6.95. The molecule has 4 fully saturated rings. The second-order valence-corrected chi connectivity index (χ2v) is 8.52. The predicted molar refractivity (Wildman–Crippen MR) is 68.4 cm³/mol. The standard InChI is InChI=1S/C15H27N/c1-12-5-13(2)7-14(3,6-12)10-15(8-12,9-13)11-16-4/h16H,5-11H2,1-4H3. The zero-order valence-corrected chi connectivity index (χ0v) is 11.4. The summed E-state index contributed by atoms with van der Waals surface area (Å²) in [5.41, 5.74) is 2.57. The van der Waals surface area contributed by atoms with Gasteiger partial charge >= 0.3 is 0 Å². The fourth-order valence-electron chi connectivity index (χ4n) is 7.12. The quantitative estimate of drug-likeness (QED) is 0.751. The van der Waals surface area contributed by atoms with E-state index in [4.69, 9.17) is 0 Å². The molecule has 0 saturated heterocycles. The molecule has 4 rings (SSSR count). The van der Waals surface area contributed by atoms with Gasteiger partial charge in [-0.3, -0.25) is 0 Å². The average Bonchev–Trinajstić information content (AvgIpc) is 1.91. The maximum atomic E-state index is 3.48. The van der Waals surface area contributed by atoms with Gasteiger partial charge < -0.3 is 5.32 Å². The predicted octanol–water partition coefficient (Wildman–Crippen LogP) is 3.59. The molecule has 4 bridgehead atoms. The van der Waals surface area contributed by atoms with Crippen LogP contribution >= 0.6 is 0 Å². The zero-order chi connectivity index (χ0) is 11.7. The van der Waals surface area contributed by atoms with E-state index in [2.05, 4.69) is 33.1 Å². The van der Waals surface area contributed by atoms with E-state index < -0.39 is 0 Å². The number of hydrogen-bond donors (Lipinski definition) is 1. The van der Waals surface area contributed by atoms with Gasteiger partial charge in [0.15, 0.2) is 0 Å². The van der Waals surface area contributed by atoms with Gasteiger partial charge in [0.1, 0.15) is 0 Å². The highest BCUT2D eigenvalue weighted by atomic mass is 14.9. The van der Waals surface area contributed by atoms with Crippen molar-refractivity contribution in [2.75, 3.05) is 13.6 Å². The normalized spacial score (nSPS) is 59.2. The monoisotopic (exact) mass is 221 g/mol. The van der Waals surface area contributed by atoms with Crippen LogP contribution in [-0.2, 0) is 0 Å². The van der Waals surface area contributed by atoms with Crippen LogP contribution in [0.5, 0.6) is 0 Å². The molecule has 0 aromatic carbocycles. The van der Waals surface area contributed by atoms with Crippen LogP contribution in [-0.4, -0.2) is 13.6 Å². The summed E-state index contributed by atoms with van der Waals surface area (Å²) in [6, 6.07) is 0. The molecule has 0 heterocycles. The van der Waals surface area contributed by atoms with E-state index in [0.29, 0.717) is 21.7 Å². The van der Waals surface area contributed by atoms with Gasteiger partial charge in [-0.2, -0.15) is 0 Å². The maximum Gasteiger partial charge on any atom is 0.000541 e. The average molecular weight is 221 g/mol. The van der Waals surface area contributed by atoms with Crippen LogP contribution in [0.15, 0.2) is 0 Å². The molecule has 4 aliphatic rings.